The predicted molar refractivity (Wildman–Crippen MR) is 84.3 cm³/mol. The number of halogens is 1. The molecule has 0 aliphatic heterocycles. The van der Waals surface area contributed by atoms with Crippen LogP contribution in [0.3, 0.4) is 0 Å². The first-order valence-corrected chi connectivity index (χ1v) is 8.58. The van der Waals surface area contributed by atoms with Crippen molar-refractivity contribution in [2.45, 2.75) is 66.7 Å². The maximum atomic E-state index is 2.51. The summed E-state index contributed by atoms with van der Waals surface area (Å²) in [6.07, 6.45) is 7.01. The van der Waals surface area contributed by atoms with Crippen LogP contribution in [0.1, 0.15) is 66.7 Å². The lowest BCUT2D eigenvalue weighted by Crippen LogP contribution is -2.10. The van der Waals surface area contributed by atoms with Gasteiger partial charge in [-0.25, -0.2) is 0 Å². The summed E-state index contributed by atoms with van der Waals surface area (Å²) in [5.74, 6) is 3.65. The average Bonchev–Trinajstić information content (AvgIpc) is 2.16. The van der Waals surface area contributed by atoms with E-state index in [1.54, 1.807) is 0 Å². The lowest BCUT2D eigenvalue weighted by atomic mass is 9.85. The van der Waals surface area contributed by atoms with Gasteiger partial charge in [-0.3, -0.25) is 0 Å². The van der Waals surface area contributed by atoms with Crippen LogP contribution < -0.4 is 0 Å². The highest BCUT2D eigenvalue weighted by atomic mass is 127. The standard InChI is InChI=1S/C15H31I/c1-6-7-12(2)8-13(3)9-14(4)10-15(5)11-16/h12-15H,6-11H2,1-5H3/t12-,13+,14-,15+/m0/s1. The van der Waals surface area contributed by atoms with Crippen LogP contribution in [0.15, 0.2) is 0 Å². The molecule has 0 aliphatic carbocycles. The molecule has 0 amide bonds. The molecule has 0 spiro atoms. The zero-order valence-electron chi connectivity index (χ0n) is 11.9. The predicted octanol–water partition coefficient (Wildman–Crippen LogP) is 5.94. The number of hydrogen-bond acceptors (Lipinski definition) is 0. The van der Waals surface area contributed by atoms with Gasteiger partial charge in [0.1, 0.15) is 0 Å². The maximum Gasteiger partial charge on any atom is 0.00211 e. The fourth-order valence-electron chi connectivity index (χ4n) is 2.93. The molecule has 98 valence electrons. The number of alkyl halides is 1. The Balaban J connectivity index is 3.72. The molecular weight excluding hydrogens is 307 g/mol. The van der Waals surface area contributed by atoms with Gasteiger partial charge in [-0.05, 0) is 42.9 Å². The highest BCUT2D eigenvalue weighted by molar-refractivity contribution is 14.1. The molecule has 4 atom stereocenters. The van der Waals surface area contributed by atoms with Crippen molar-refractivity contribution in [2.75, 3.05) is 4.43 Å². The minimum atomic E-state index is 0.899. The molecule has 0 N–H and O–H groups in total. The number of rotatable bonds is 9. The van der Waals surface area contributed by atoms with E-state index in [1.807, 2.05) is 0 Å². The first kappa shape index (κ1) is 16.7. The molecule has 0 aromatic heterocycles. The zero-order chi connectivity index (χ0) is 12.6. The summed E-state index contributed by atoms with van der Waals surface area (Å²) in [5, 5.41) is 0. The minimum absolute atomic E-state index is 0.899. The summed E-state index contributed by atoms with van der Waals surface area (Å²) in [4.78, 5) is 0. The van der Waals surface area contributed by atoms with Crippen LogP contribution in [-0.2, 0) is 0 Å². The molecule has 0 aliphatic rings. The Hall–Kier alpha value is 0.730. The Morgan fingerprint density at radius 3 is 1.62 bits per heavy atom. The van der Waals surface area contributed by atoms with Gasteiger partial charge in [0.25, 0.3) is 0 Å². The topological polar surface area (TPSA) is 0 Å². The van der Waals surface area contributed by atoms with Gasteiger partial charge in [-0.15, -0.1) is 0 Å². The van der Waals surface area contributed by atoms with Crippen LogP contribution >= 0.6 is 22.6 Å². The van der Waals surface area contributed by atoms with Crippen LogP contribution in [0.2, 0.25) is 0 Å². The fraction of sp³-hybridized carbons (Fsp3) is 1.00. The van der Waals surface area contributed by atoms with Gasteiger partial charge >= 0.3 is 0 Å². The first-order valence-electron chi connectivity index (χ1n) is 7.05. The van der Waals surface area contributed by atoms with Gasteiger partial charge in [-0.2, -0.15) is 0 Å². The van der Waals surface area contributed by atoms with Crippen LogP contribution in [0, 0.1) is 23.7 Å². The van der Waals surface area contributed by atoms with Crippen molar-refractivity contribution in [3.63, 3.8) is 0 Å². The van der Waals surface area contributed by atoms with Gasteiger partial charge in [0, 0.05) is 4.43 Å². The van der Waals surface area contributed by atoms with Crippen molar-refractivity contribution in [3.05, 3.63) is 0 Å². The van der Waals surface area contributed by atoms with E-state index in [4.69, 9.17) is 0 Å². The highest BCUT2D eigenvalue weighted by Gasteiger charge is 2.14. The summed E-state index contributed by atoms with van der Waals surface area (Å²) < 4.78 is 1.31. The van der Waals surface area contributed by atoms with Crippen molar-refractivity contribution in [3.8, 4) is 0 Å². The molecule has 0 aromatic rings. The summed E-state index contributed by atoms with van der Waals surface area (Å²) in [6, 6.07) is 0. The smallest absolute Gasteiger partial charge is 0.00211 e. The third kappa shape index (κ3) is 8.83. The quantitative estimate of drug-likeness (QED) is 0.361. The minimum Gasteiger partial charge on any atom is -0.0861 e. The Morgan fingerprint density at radius 1 is 0.750 bits per heavy atom. The van der Waals surface area contributed by atoms with Crippen molar-refractivity contribution < 1.29 is 0 Å². The SMILES string of the molecule is CCC[C@H](C)C[C@@H](C)C[C@H](C)C[C@@H](C)CI. The monoisotopic (exact) mass is 338 g/mol. The van der Waals surface area contributed by atoms with Crippen molar-refractivity contribution in [2.24, 2.45) is 23.7 Å². The lowest BCUT2D eigenvalue weighted by molar-refractivity contribution is 0.308. The van der Waals surface area contributed by atoms with Crippen LogP contribution in [-0.4, -0.2) is 4.43 Å². The molecule has 0 unspecified atom stereocenters. The third-order valence-electron chi connectivity index (χ3n) is 3.46. The lowest BCUT2D eigenvalue weighted by Gasteiger charge is -2.22. The molecule has 0 saturated heterocycles. The van der Waals surface area contributed by atoms with E-state index in [-0.39, 0.29) is 0 Å². The van der Waals surface area contributed by atoms with Crippen LogP contribution in [0.5, 0.6) is 0 Å². The third-order valence-corrected chi connectivity index (χ3v) is 4.96. The van der Waals surface area contributed by atoms with E-state index < -0.39 is 0 Å². The van der Waals surface area contributed by atoms with Gasteiger partial charge in [0.05, 0.1) is 0 Å². The Labute approximate surface area is 117 Å². The molecule has 0 saturated carbocycles. The molecule has 1 heteroatoms. The molecular formula is C15H31I. The molecule has 0 bridgehead atoms. The van der Waals surface area contributed by atoms with Gasteiger partial charge in [0.15, 0.2) is 0 Å². The van der Waals surface area contributed by atoms with Crippen molar-refractivity contribution >= 4 is 22.6 Å². The van der Waals surface area contributed by atoms with Gasteiger partial charge in [0.2, 0.25) is 0 Å². The molecule has 0 nitrogen and oxygen atoms in total. The zero-order valence-corrected chi connectivity index (χ0v) is 14.1. The maximum absolute atomic E-state index is 2.51. The summed E-state index contributed by atoms with van der Waals surface area (Å²) >= 11 is 2.51. The normalized spacial score (nSPS) is 19.1. The Morgan fingerprint density at radius 2 is 1.19 bits per heavy atom. The second-order valence-electron chi connectivity index (χ2n) is 6.07. The average molecular weight is 338 g/mol. The summed E-state index contributed by atoms with van der Waals surface area (Å²) in [7, 11) is 0. The van der Waals surface area contributed by atoms with E-state index in [9.17, 15) is 0 Å². The molecule has 0 heterocycles. The van der Waals surface area contributed by atoms with E-state index in [0.717, 1.165) is 23.7 Å². The van der Waals surface area contributed by atoms with Crippen LogP contribution in [0.4, 0.5) is 0 Å². The van der Waals surface area contributed by atoms with Crippen molar-refractivity contribution in [1.29, 1.82) is 0 Å². The van der Waals surface area contributed by atoms with E-state index in [2.05, 4.69) is 57.2 Å². The highest BCUT2D eigenvalue weighted by Crippen LogP contribution is 2.26. The van der Waals surface area contributed by atoms with E-state index in [0.29, 0.717) is 0 Å². The second kappa shape index (κ2) is 9.73. The fourth-order valence-corrected chi connectivity index (χ4v) is 3.29. The van der Waals surface area contributed by atoms with E-state index in [1.165, 1.54) is 36.5 Å². The largest absolute Gasteiger partial charge is 0.0861 e. The molecule has 16 heavy (non-hydrogen) atoms. The van der Waals surface area contributed by atoms with Crippen LogP contribution in [0.25, 0.3) is 0 Å². The number of hydrogen-bond donors (Lipinski definition) is 0. The Bertz CT molecular complexity index is 156. The summed E-state index contributed by atoms with van der Waals surface area (Å²) in [6.45, 7) is 12.0. The Kier molecular flexibility index (Phi) is 10.2. The molecule has 0 aromatic carbocycles. The summed E-state index contributed by atoms with van der Waals surface area (Å²) in [5.41, 5.74) is 0. The molecule has 0 rings (SSSR count). The second-order valence-corrected chi connectivity index (χ2v) is 6.95. The first-order chi connectivity index (χ1) is 7.49. The van der Waals surface area contributed by atoms with Crippen molar-refractivity contribution in [1.82, 2.24) is 0 Å². The van der Waals surface area contributed by atoms with Gasteiger partial charge < -0.3 is 0 Å². The molecule has 0 radical (unpaired) electrons. The molecule has 0 fully saturated rings. The van der Waals surface area contributed by atoms with E-state index >= 15 is 0 Å². The van der Waals surface area contributed by atoms with Gasteiger partial charge in [-0.1, -0.05) is 70.1 Å².